The molecule has 1 N–H and O–H groups in total. The molecular formula is C20H26N4O3S. The van der Waals surface area contributed by atoms with E-state index in [2.05, 4.69) is 15.5 Å². The van der Waals surface area contributed by atoms with Crippen molar-refractivity contribution in [3.05, 3.63) is 30.1 Å². The van der Waals surface area contributed by atoms with Crippen LogP contribution in [0.25, 0.3) is 0 Å². The molecule has 28 heavy (non-hydrogen) atoms. The minimum atomic E-state index is -0.318. The molecule has 150 valence electrons. The molecule has 0 unspecified atom stereocenters. The molecule has 0 saturated heterocycles. The van der Waals surface area contributed by atoms with E-state index in [9.17, 15) is 4.79 Å². The van der Waals surface area contributed by atoms with E-state index in [-0.39, 0.29) is 12.0 Å². The minimum Gasteiger partial charge on any atom is -0.485 e. The Labute approximate surface area is 169 Å². The number of carbonyl (C=O) groups is 1. The average Bonchev–Trinajstić information content (AvgIpc) is 2.90. The molecule has 1 aromatic carbocycles. The second kappa shape index (κ2) is 8.86. The highest BCUT2D eigenvalue weighted by Crippen LogP contribution is 2.35. The molecule has 1 amide bonds. The molecule has 1 aliphatic carbocycles. The van der Waals surface area contributed by atoms with Gasteiger partial charge in [0.05, 0.1) is 5.75 Å². The Morgan fingerprint density at radius 3 is 2.71 bits per heavy atom. The van der Waals surface area contributed by atoms with Gasteiger partial charge in [0.1, 0.15) is 6.61 Å². The number of amides is 1. The van der Waals surface area contributed by atoms with Crippen LogP contribution in [0.3, 0.4) is 0 Å². The number of carbonyl (C=O) groups excluding carboxylic acids is 1. The first kappa shape index (κ1) is 19.1. The van der Waals surface area contributed by atoms with E-state index in [0.717, 1.165) is 18.6 Å². The fourth-order valence-electron chi connectivity index (χ4n) is 3.70. The number of fused-ring (bicyclic) bond motifs is 1. The van der Waals surface area contributed by atoms with Crippen molar-refractivity contribution in [3.8, 4) is 11.5 Å². The molecule has 1 aromatic heterocycles. The van der Waals surface area contributed by atoms with Crippen molar-refractivity contribution in [3.63, 3.8) is 0 Å². The number of benzene rings is 1. The molecule has 4 rings (SSSR count). The van der Waals surface area contributed by atoms with Crippen molar-refractivity contribution in [2.45, 2.75) is 55.8 Å². The molecule has 8 heteroatoms. The van der Waals surface area contributed by atoms with Gasteiger partial charge in [-0.2, -0.15) is 0 Å². The van der Waals surface area contributed by atoms with Gasteiger partial charge in [-0.25, -0.2) is 0 Å². The second-order valence-electron chi connectivity index (χ2n) is 7.31. The normalized spacial score (nSPS) is 19.8. The highest BCUT2D eigenvalue weighted by Gasteiger charge is 2.27. The van der Waals surface area contributed by atoms with Crippen molar-refractivity contribution in [2.24, 2.45) is 7.05 Å². The van der Waals surface area contributed by atoms with Crippen LogP contribution in [0, 0.1) is 0 Å². The molecule has 2 heterocycles. The molecule has 0 radical (unpaired) electrons. The van der Waals surface area contributed by atoms with E-state index in [0.29, 0.717) is 35.1 Å². The smallest absolute Gasteiger partial charge is 0.230 e. The maximum Gasteiger partial charge on any atom is 0.230 e. The SMILES string of the molecule is Cn1c(SCC(=O)NC2CCCCCC2)nnc1[C@@H]1COc2ccccc2O1. The molecule has 1 aliphatic heterocycles. The number of hydrogen-bond acceptors (Lipinski definition) is 6. The van der Waals surface area contributed by atoms with Crippen LogP contribution in [-0.4, -0.2) is 39.1 Å². The first-order valence-corrected chi connectivity index (χ1v) is 10.9. The van der Waals surface area contributed by atoms with E-state index >= 15 is 0 Å². The number of para-hydroxylation sites is 2. The van der Waals surface area contributed by atoms with Gasteiger partial charge in [0.15, 0.2) is 28.6 Å². The predicted molar refractivity (Wildman–Crippen MR) is 107 cm³/mol. The summed E-state index contributed by atoms with van der Waals surface area (Å²) in [5.74, 6) is 2.55. The van der Waals surface area contributed by atoms with Gasteiger partial charge in [-0.05, 0) is 25.0 Å². The van der Waals surface area contributed by atoms with Crippen molar-refractivity contribution in [1.29, 1.82) is 0 Å². The maximum atomic E-state index is 12.3. The van der Waals surface area contributed by atoms with Gasteiger partial charge in [-0.15, -0.1) is 10.2 Å². The van der Waals surface area contributed by atoms with Crippen LogP contribution in [-0.2, 0) is 11.8 Å². The predicted octanol–water partition coefficient (Wildman–Crippen LogP) is 3.26. The molecule has 0 spiro atoms. The molecular weight excluding hydrogens is 376 g/mol. The molecule has 1 saturated carbocycles. The van der Waals surface area contributed by atoms with E-state index < -0.39 is 0 Å². The average molecular weight is 403 g/mol. The monoisotopic (exact) mass is 402 g/mol. The summed E-state index contributed by atoms with van der Waals surface area (Å²) in [7, 11) is 1.89. The summed E-state index contributed by atoms with van der Waals surface area (Å²) in [5.41, 5.74) is 0. The maximum absolute atomic E-state index is 12.3. The lowest BCUT2D eigenvalue weighted by Gasteiger charge is -2.25. The third-order valence-corrected chi connectivity index (χ3v) is 6.24. The number of thioether (sulfide) groups is 1. The Morgan fingerprint density at radius 2 is 1.93 bits per heavy atom. The zero-order valence-corrected chi connectivity index (χ0v) is 16.9. The summed E-state index contributed by atoms with van der Waals surface area (Å²) in [6.45, 7) is 0.385. The van der Waals surface area contributed by atoms with Gasteiger partial charge in [0.2, 0.25) is 5.91 Å². The van der Waals surface area contributed by atoms with Crippen LogP contribution in [0.1, 0.15) is 50.5 Å². The van der Waals surface area contributed by atoms with Crippen LogP contribution >= 0.6 is 11.8 Å². The summed E-state index contributed by atoms with van der Waals surface area (Å²) in [5, 5.41) is 12.4. The van der Waals surface area contributed by atoms with Crippen molar-refractivity contribution in [2.75, 3.05) is 12.4 Å². The van der Waals surface area contributed by atoms with E-state index in [1.54, 1.807) is 0 Å². The molecule has 1 fully saturated rings. The standard InChI is InChI=1S/C20H26N4O3S/c1-24-19(17-12-26-15-10-6-7-11-16(15)27-17)22-23-20(24)28-13-18(25)21-14-8-4-2-3-5-9-14/h6-7,10-11,14,17H,2-5,8-9,12-13H2,1H3,(H,21,25)/t17-/m0/s1. The zero-order valence-electron chi connectivity index (χ0n) is 16.1. The van der Waals surface area contributed by atoms with Crippen molar-refractivity contribution < 1.29 is 14.3 Å². The number of nitrogens with zero attached hydrogens (tertiary/aromatic N) is 3. The Hall–Kier alpha value is -2.22. The molecule has 0 bridgehead atoms. The number of rotatable bonds is 5. The lowest BCUT2D eigenvalue weighted by molar-refractivity contribution is -0.119. The quantitative estimate of drug-likeness (QED) is 0.611. The van der Waals surface area contributed by atoms with Gasteiger partial charge in [-0.1, -0.05) is 49.6 Å². The highest BCUT2D eigenvalue weighted by molar-refractivity contribution is 7.99. The van der Waals surface area contributed by atoms with Crippen molar-refractivity contribution in [1.82, 2.24) is 20.1 Å². The van der Waals surface area contributed by atoms with Gasteiger partial charge in [0.25, 0.3) is 0 Å². The minimum absolute atomic E-state index is 0.0626. The number of hydrogen-bond donors (Lipinski definition) is 1. The summed E-state index contributed by atoms with van der Waals surface area (Å²) in [4.78, 5) is 12.3. The van der Waals surface area contributed by atoms with Crippen LogP contribution in [0.15, 0.2) is 29.4 Å². The molecule has 2 aromatic rings. The number of aromatic nitrogens is 3. The summed E-state index contributed by atoms with van der Waals surface area (Å²) in [6, 6.07) is 7.91. The summed E-state index contributed by atoms with van der Waals surface area (Å²) in [6.07, 6.45) is 6.83. The second-order valence-corrected chi connectivity index (χ2v) is 8.25. The summed E-state index contributed by atoms with van der Waals surface area (Å²) >= 11 is 1.40. The van der Waals surface area contributed by atoms with Gasteiger partial charge in [0, 0.05) is 13.1 Å². The topological polar surface area (TPSA) is 78.3 Å². The lowest BCUT2D eigenvalue weighted by atomic mass is 10.1. The van der Waals surface area contributed by atoms with E-state index in [1.165, 1.54) is 37.4 Å². The van der Waals surface area contributed by atoms with Crippen LogP contribution in [0.4, 0.5) is 0 Å². The van der Waals surface area contributed by atoms with Crippen molar-refractivity contribution >= 4 is 17.7 Å². The largest absolute Gasteiger partial charge is 0.485 e. The van der Waals surface area contributed by atoms with E-state index in [4.69, 9.17) is 9.47 Å². The summed E-state index contributed by atoms with van der Waals surface area (Å²) < 4.78 is 13.7. The Morgan fingerprint density at radius 1 is 1.18 bits per heavy atom. The first-order valence-electron chi connectivity index (χ1n) is 9.90. The fraction of sp³-hybridized carbons (Fsp3) is 0.550. The Balaban J connectivity index is 1.33. The number of ether oxygens (including phenoxy) is 2. The van der Waals surface area contributed by atoms with Gasteiger partial charge in [-0.3, -0.25) is 4.79 Å². The third kappa shape index (κ3) is 4.43. The van der Waals surface area contributed by atoms with Crippen LogP contribution < -0.4 is 14.8 Å². The first-order chi connectivity index (χ1) is 13.7. The Kier molecular flexibility index (Phi) is 6.04. The lowest BCUT2D eigenvalue weighted by Crippen LogP contribution is -2.35. The molecule has 1 atom stereocenters. The molecule has 2 aliphatic rings. The Bertz CT molecular complexity index is 818. The van der Waals surface area contributed by atoms with Crippen LogP contribution in [0.2, 0.25) is 0 Å². The fourth-order valence-corrected chi connectivity index (χ4v) is 4.43. The van der Waals surface area contributed by atoms with E-state index in [1.807, 2.05) is 35.9 Å². The highest BCUT2D eigenvalue weighted by atomic mass is 32.2. The van der Waals surface area contributed by atoms with Crippen LogP contribution in [0.5, 0.6) is 11.5 Å². The third-order valence-electron chi connectivity index (χ3n) is 5.22. The van der Waals surface area contributed by atoms with Gasteiger partial charge < -0.3 is 19.4 Å². The molecule has 7 nitrogen and oxygen atoms in total. The number of nitrogens with one attached hydrogen (secondary N) is 1. The van der Waals surface area contributed by atoms with Gasteiger partial charge >= 0.3 is 0 Å². The zero-order chi connectivity index (χ0) is 19.3.